The number of hydrogen-bond donors (Lipinski definition) is 3. The summed E-state index contributed by atoms with van der Waals surface area (Å²) in [6.07, 6.45) is 6.07. The van der Waals surface area contributed by atoms with Gasteiger partial charge < -0.3 is 16.0 Å². The van der Waals surface area contributed by atoms with Gasteiger partial charge in [0, 0.05) is 19.0 Å². The highest BCUT2D eigenvalue weighted by Crippen LogP contribution is 2.25. The maximum absolute atomic E-state index is 11.6. The van der Waals surface area contributed by atoms with E-state index in [4.69, 9.17) is 0 Å². The number of nitrogens with one attached hydrogen (secondary N) is 3. The van der Waals surface area contributed by atoms with Gasteiger partial charge in [-0.2, -0.15) is 0 Å². The van der Waals surface area contributed by atoms with Crippen LogP contribution in [0.1, 0.15) is 38.5 Å². The monoisotopic (exact) mass is 289 g/mol. The second kappa shape index (κ2) is 8.38. The minimum atomic E-state index is -0.00503. The van der Waals surface area contributed by atoms with Crippen LogP contribution in [0, 0.1) is 5.92 Å². The van der Waals surface area contributed by atoms with E-state index >= 15 is 0 Å². The Morgan fingerprint density at radius 1 is 1.00 bits per heavy atom. The van der Waals surface area contributed by atoms with Crippen molar-refractivity contribution in [2.45, 2.75) is 44.6 Å². The normalized spacial score (nSPS) is 22.2. The van der Waals surface area contributed by atoms with Gasteiger partial charge in [-0.05, 0) is 38.6 Å². The molecule has 110 valence electrons. The van der Waals surface area contributed by atoms with E-state index in [1.165, 1.54) is 6.42 Å². The molecule has 0 spiro atoms. The van der Waals surface area contributed by atoms with Crippen LogP contribution in [0.3, 0.4) is 0 Å². The summed E-state index contributed by atoms with van der Waals surface area (Å²) >= 11 is 0. The van der Waals surface area contributed by atoms with E-state index < -0.39 is 0 Å². The van der Waals surface area contributed by atoms with Gasteiger partial charge in [0.15, 0.2) is 0 Å². The lowest BCUT2D eigenvalue weighted by Gasteiger charge is -2.24. The highest BCUT2D eigenvalue weighted by atomic mass is 35.5. The Morgan fingerprint density at radius 2 is 1.68 bits per heavy atom. The second-order valence-electron chi connectivity index (χ2n) is 5.21. The highest BCUT2D eigenvalue weighted by Gasteiger charge is 2.24. The molecule has 0 aromatic rings. The second-order valence-corrected chi connectivity index (χ2v) is 5.21. The third-order valence-electron chi connectivity index (χ3n) is 3.80. The van der Waals surface area contributed by atoms with Crippen LogP contribution in [0.25, 0.3) is 0 Å². The lowest BCUT2D eigenvalue weighted by atomic mass is 9.85. The molecular weight excluding hydrogens is 266 g/mol. The average Bonchev–Trinajstić information content (AvgIpc) is 2.79. The molecule has 2 aliphatic rings. The first-order chi connectivity index (χ1) is 8.77. The molecule has 1 saturated heterocycles. The molecule has 1 unspecified atom stereocenters. The van der Waals surface area contributed by atoms with Gasteiger partial charge in [0.2, 0.25) is 11.8 Å². The van der Waals surface area contributed by atoms with Crippen molar-refractivity contribution in [3.63, 3.8) is 0 Å². The van der Waals surface area contributed by atoms with Crippen molar-refractivity contribution >= 4 is 24.2 Å². The summed E-state index contributed by atoms with van der Waals surface area (Å²) in [6, 6.07) is -0.00503. The van der Waals surface area contributed by atoms with Crippen molar-refractivity contribution in [3.8, 4) is 0 Å². The number of carbonyl (C=O) groups is 2. The molecule has 0 bridgehead atoms. The highest BCUT2D eigenvalue weighted by molar-refractivity contribution is 5.85. The first-order valence-corrected chi connectivity index (χ1v) is 7.06. The summed E-state index contributed by atoms with van der Waals surface area (Å²) < 4.78 is 0. The minimum Gasteiger partial charge on any atom is -0.356 e. The third-order valence-corrected chi connectivity index (χ3v) is 3.80. The van der Waals surface area contributed by atoms with Crippen LogP contribution in [-0.2, 0) is 9.59 Å². The number of halogens is 1. The average molecular weight is 290 g/mol. The van der Waals surface area contributed by atoms with Crippen molar-refractivity contribution in [3.05, 3.63) is 0 Å². The number of rotatable bonds is 6. The molecule has 1 heterocycles. The van der Waals surface area contributed by atoms with Gasteiger partial charge in [-0.25, -0.2) is 0 Å². The summed E-state index contributed by atoms with van der Waals surface area (Å²) in [5.74, 6) is 0.533. The molecule has 2 fully saturated rings. The molecular formula is C13H24ClN3O2. The van der Waals surface area contributed by atoms with E-state index in [-0.39, 0.29) is 36.2 Å². The minimum absolute atomic E-state index is 0. The van der Waals surface area contributed by atoms with Crippen LogP contribution in [0.5, 0.6) is 0 Å². The third kappa shape index (κ3) is 4.99. The summed E-state index contributed by atoms with van der Waals surface area (Å²) in [5.41, 5.74) is 0. The molecule has 3 N–H and O–H groups in total. The molecule has 0 radical (unpaired) electrons. The predicted molar refractivity (Wildman–Crippen MR) is 76.3 cm³/mol. The molecule has 6 heteroatoms. The maximum atomic E-state index is 11.6. The van der Waals surface area contributed by atoms with E-state index in [0.717, 1.165) is 38.6 Å². The Kier molecular flexibility index (Phi) is 7.16. The fraction of sp³-hybridized carbons (Fsp3) is 0.846. The van der Waals surface area contributed by atoms with Crippen molar-refractivity contribution in [1.82, 2.24) is 16.0 Å². The number of amides is 2. The molecule has 19 heavy (non-hydrogen) atoms. The van der Waals surface area contributed by atoms with Crippen molar-refractivity contribution in [1.29, 1.82) is 0 Å². The molecule has 1 atom stereocenters. The summed E-state index contributed by atoms with van der Waals surface area (Å²) in [6.45, 7) is 2.24. The van der Waals surface area contributed by atoms with E-state index in [9.17, 15) is 9.59 Å². The van der Waals surface area contributed by atoms with E-state index in [0.29, 0.717) is 13.1 Å². The van der Waals surface area contributed by atoms with Crippen molar-refractivity contribution in [2.75, 3.05) is 19.6 Å². The first kappa shape index (κ1) is 16.2. The van der Waals surface area contributed by atoms with Gasteiger partial charge in [0.1, 0.15) is 0 Å². The van der Waals surface area contributed by atoms with Gasteiger partial charge in [-0.1, -0.05) is 6.42 Å². The van der Waals surface area contributed by atoms with Crippen molar-refractivity contribution in [2.24, 2.45) is 5.92 Å². The molecule has 1 aliphatic heterocycles. The standard InChI is InChI=1S/C13H23N3O2.ClH/c17-12(10-4-1-5-10)15-8-3-9-16-13(18)11-6-2-7-14-11;/h10-11,14H,1-9H2,(H,15,17)(H,16,18);1H. The lowest BCUT2D eigenvalue weighted by Crippen LogP contribution is -2.41. The quantitative estimate of drug-likeness (QED) is 0.627. The van der Waals surface area contributed by atoms with E-state index in [1.54, 1.807) is 0 Å². The molecule has 1 saturated carbocycles. The Morgan fingerprint density at radius 3 is 2.21 bits per heavy atom. The molecule has 0 aromatic carbocycles. The summed E-state index contributed by atoms with van der Waals surface area (Å²) in [5, 5.41) is 8.99. The topological polar surface area (TPSA) is 70.2 Å². The molecule has 2 rings (SSSR count). The zero-order valence-electron chi connectivity index (χ0n) is 11.2. The fourth-order valence-corrected chi connectivity index (χ4v) is 2.36. The van der Waals surface area contributed by atoms with E-state index in [2.05, 4.69) is 16.0 Å². The zero-order valence-corrected chi connectivity index (χ0v) is 12.1. The Labute approximate surface area is 120 Å². The molecule has 1 aliphatic carbocycles. The van der Waals surface area contributed by atoms with Crippen LogP contribution in [-0.4, -0.2) is 37.5 Å². The zero-order chi connectivity index (χ0) is 12.8. The Bertz CT molecular complexity index is 302. The number of hydrogen-bond acceptors (Lipinski definition) is 3. The van der Waals surface area contributed by atoms with Gasteiger partial charge in [-0.3, -0.25) is 9.59 Å². The molecule has 2 amide bonds. The summed E-state index contributed by atoms with van der Waals surface area (Å²) in [7, 11) is 0. The largest absolute Gasteiger partial charge is 0.356 e. The van der Waals surface area contributed by atoms with Crippen molar-refractivity contribution < 1.29 is 9.59 Å². The SMILES string of the molecule is Cl.O=C(NCCCNC(=O)C1CCCN1)C1CCC1. The number of carbonyl (C=O) groups excluding carboxylic acids is 2. The van der Waals surface area contributed by atoms with Crippen LogP contribution < -0.4 is 16.0 Å². The van der Waals surface area contributed by atoms with E-state index in [1.807, 2.05) is 0 Å². The van der Waals surface area contributed by atoms with Crippen LogP contribution in [0.15, 0.2) is 0 Å². The fourth-order valence-electron chi connectivity index (χ4n) is 2.36. The van der Waals surface area contributed by atoms with Crippen LogP contribution in [0.4, 0.5) is 0 Å². The first-order valence-electron chi connectivity index (χ1n) is 7.06. The smallest absolute Gasteiger partial charge is 0.237 e. The Hall–Kier alpha value is -0.810. The van der Waals surface area contributed by atoms with Gasteiger partial charge in [0.05, 0.1) is 6.04 Å². The molecule has 0 aromatic heterocycles. The van der Waals surface area contributed by atoms with Crippen LogP contribution in [0.2, 0.25) is 0 Å². The van der Waals surface area contributed by atoms with Crippen LogP contribution >= 0.6 is 12.4 Å². The molecule has 5 nitrogen and oxygen atoms in total. The predicted octanol–water partition coefficient (Wildman–Crippen LogP) is 0.583. The van der Waals surface area contributed by atoms with Gasteiger partial charge in [0.25, 0.3) is 0 Å². The van der Waals surface area contributed by atoms with Gasteiger partial charge in [-0.15, -0.1) is 12.4 Å². The Balaban J connectivity index is 0.00000180. The maximum Gasteiger partial charge on any atom is 0.237 e. The lowest BCUT2D eigenvalue weighted by molar-refractivity contribution is -0.127. The van der Waals surface area contributed by atoms with Gasteiger partial charge >= 0.3 is 0 Å². The summed E-state index contributed by atoms with van der Waals surface area (Å²) in [4.78, 5) is 23.2.